The Morgan fingerprint density at radius 2 is 1.76 bits per heavy atom. The Hall–Kier alpha value is -2.66. The van der Waals surface area contributed by atoms with Crippen molar-refractivity contribution in [2.24, 2.45) is 0 Å². The average molecular weight is 420 g/mol. The Kier molecular flexibility index (Phi) is 9.05. The van der Waals surface area contributed by atoms with Crippen LogP contribution in [0.4, 0.5) is 4.79 Å². The molecule has 3 amide bonds. The number of benzene rings is 1. The van der Waals surface area contributed by atoms with Crippen molar-refractivity contribution in [1.29, 1.82) is 0 Å². The van der Waals surface area contributed by atoms with Crippen molar-refractivity contribution in [3.05, 3.63) is 35.9 Å². The highest BCUT2D eigenvalue weighted by atomic mass is 32.1. The second-order valence-electron chi connectivity index (χ2n) is 7.70. The molecule has 7 nitrogen and oxygen atoms in total. The molecule has 1 aromatic carbocycles. The first kappa shape index (κ1) is 24.4. The summed E-state index contributed by atoms with van der Waals surface area (Å²) in [6.07, 6.45) is 4.84. The minimum absolute atomic E-state index is 0.0242. The lowest BCUT2D eigenvalue weighted by atomic mass is 10.0. The fourth-order valence-electron chi connectivity index (χ4n) is 2.49. The Morgan fingerprint density at radius 3 is 2.21 bits per heavy atom. The normalized spacial score (nSPS) is 13.0. The van der Waals surface area contributed by atoms with Crippen LogP contribution in [-0.4, -0.2) is 46.2 Å². The third-order valence-electron chi connectivity index (χ3n) is 3.60. The quantitative estimate of drug-likeness (QED) is 0.360. The summed E-state index contributed by atoms with van der Waals surface area (Å²) >= 11 is 4.15. The van der Waals surface area contributed by atoms with E-state index >= 15 is 0 Å². The highest BCUT2D eigenvalue weighted by Crippen LogP contribution is 2.22. The molecule has 0 saturated carbocycles. The molecule has 1 aromatic rings. The first-order valence-electron chi connectivity index (χ1n) is 9.25. The van der Waals surface area contributed by atoms with Crippen LogP contribution in [0.5, 0.6) is 0 Å². The average Bonchev–Trinajstić information content (AvgIpc) is 2.62. The van der Waals surface area contributed by atoms with Gasteiger partial charge in [0.2, 0.25) is 5.91 Å². The molecule has 2 N–H and O–H groups in total. The van der Waals surface area contributed by atoms with Gasteiger partial charge in [0, 0.05) is 17.8 Å². The van der Waals surface area contributed by atoms with E-state index in [1.165, 1.54) is 0 Å². The smallest absolute Gasteiger partial charge is 0.408 e. The molecule has 0 heterocycles. The molecule has 0 bridgehead atoms. The van der Waals surface area contributed by atoms with Crippen molar-refractivity contribution in [3.8, 4) is 12.5 Å². The maximum atomic E-state index is 13.1. The first-order chi connectivity index (χ1) is 13.5. The number of thiol groups is 1. The van der Waals surface area contributed by atoms with E-state index < -0.39 is 35.6 Å². The number of hydrogen-bond donors (Lipinski definition) is 3. The highest BCUT2D eigenvalue weighted by molar-refractivity contribution is 7.80. The van der Waals surface area contributed by atoms with Gasteiger partial charge >= 0.3 is 6.09 Å². The molecule has 0 saturated heterocycles. The lowest BCUT2D eigenvalue weighted by Gasteiger charge is -2.30. The van der Waals surface area contributed by atoms with E-state index in [9.17, 15) is 14.4 Å². The van der Waals surface area contributed by atoms with Crippen molar-refractivity contribution >= 4 is 30.5 Å². The molecule has 158 valence electrons. The second kappa shape index (κ2) is 10.8. The summed E-state index contributed by atoms with van der Waals surface area (Å²) < 4.78 is 5.19. The SMILES string of the molecule is C#CN(C(=O)C(CS)NC(=O)OC(C)(C)C)C(C(=O)NC(C)C)c1ccccc1. The van der Waals surface area contributed by atoms with Gasteiger partial charge in [0.05, 0.1) is 0 Å². The van der Waals surface area contributed by atoms with Crippen molar-refractivity contribution in [2.75, 3.05) is 5.75 Å². The van der Waals surface area contributed by atoms with Gasteiger partial charge in [-0.3, -0.25) is 14.5 Å². The topological polar surface area (TPSA) is 87.7 Å². The van der Waals surface area contributed by atoms with Gasteiger partial charge in [-0.1, -0.05) is 36.8 Å². The molecule has 0 radical (unpaired) electrons. The second-order valence-corrected chi connectivity index (χ2v) is 8.06. The molecule has 8 heteroatoms. The molecule has 0 fully saturated rings. The Balaban J connectivity index is 3.18. The standard InChI is InChI=1S/C21H29N3O4S/c1-7-24(19(26)16(13-29)23-20(27)28-21(4,5)6)17(18(25)22-14(2)3)15-11-9-8-10-12-15/h1,8-12,14,16-17,29H,13H2,2-6H3,(H,22,25)(H,23,27). The Morgan fingerprint density at radius 1 is 1.17 bits per heavy atom. The van der Waals surface area contributed by atoms with Crippen LogP contribution in [0.15, 0.2) is 30.3 Å². The fourth-order valence-corrected chi connectivity index (χ4v) is 2.73. The lowest BCUT2D eigenvalue weighted by Crippen LogP contribution is -2.52. The number of ether oxygens (including phenoxy) is 1. The third kappa shape index (κ3) is 7.70. The van der Waals surface area contributed by atoms with Crippen LogP contribution in [0.2, 0.25) is 0 Å². The van der Waals surface area contributed by atoms with Gasteiger partial charge < -0.3 is 15.4 Å². The predicted octanol–water partition coefficient (Wildman–Crippen LogP) is 2.49. The van der Waals surface area contributed by atoms with Gasteiger partial charge in [-0.2, -0.15) is 12.6 Å². The minimum Gasteiger partial charge on any atom is -0.444 e. The van der Waals surface area contributed by atoms with Gasteiger partial charge in [0.25, 0.3) is 5.91 Å². The van der Waals surface area contributed by atoms with E-state index in [4.69, 9.17) is 11.2 Å². The first-order valence-corrected chi connectivity index (χ1v) is 9.88. The van der Waals surface area contributed by atoms with Crippen LogP contribution in [-0.2, 0) is 14.3 Å². The number of amides is 3. The Bertz CT molecular complexity index is 753. The van der Waals surface area contributed by atoms with Crippen molar-refractivity contribution in [1.82, 2.24) is 15.5 Å². The molecule has 0 aliphatic carbocycles. The number of nitrogens with zero attached hydrogens (tertiary/aromatic N) is 1. The van der Waals surface area contributed by atoms with E-state index in [-0.39, 0.29) is 11.8 Å². The summed E-state index contributed by atoms with van der Waals surface area (Å²) in [7, 11) is 0. The number of hydrogen-bond acceptors (Lipinski definition) is 5. The van der Waals surface area contributed by atoms with E-state index in [0.717, 1.165) is 4.90 Å². The summed E-state index contributed by atoms with van der Waals surface area (Å²) in [6.45, 7) is 8.74. The molecule has 0 aliphatic heterocycles. The largest absolute Gasteiger partial charge is 0.444 e. The molecule has 29 heavy (non-hydrogen) atoms. The molecule has 2 unspecified atom stereocenters. The minimum atomic E-state index is -1.07. The van der Waals surface area contributed by atoms with Crippen LogP contribution in [0.3, 0.4) is 0 Å². The molecule has 2 atom stereocenters. The van der Waals surface area contributed by atoms with Crippen LogP contribution in [0.25, 0.3) is 0 Å². The summed E-state index contributed by atoms with van der Waals surface area (Å²) in [5.41, 5.74) is -0.184. The number of carbonyl (C=O) groups excluding carboxylic acids is 3. The molecular weight excluding hydrogens is 390 g/mol. The van der Waals surface area contributed by atoms with Crippen LogP contribution in [0, 0.1) is 12.5 Å². The van der Waals surface area contributed by atoms with Crippen molar-refractivity contribution in [3.63, 3.8) is 0 Å². The number of terminal acetylenes is 1. The van der Waals surface area contributed by atoms with Gasteiger partial charge in [-0.25, -0.2) is 4.79 Å². The van der Waals surface area contributed by atoms with Gasteiger partial charge in [0.1, 0.15) is 17.7 Å². The number of rotatable bonds is 7. The summed E-state index contributed by atoms with van der Waals surface area (Å²) in [4.78, 5) is 39.0. The zero-order valence-corrected chi connectivity index (χ0v) is 18.3. The van der Waals surface area contributed by atoms with Gasteiger partial charge in [0.15, 0.2) is 0 Å². The van der Waals surface area contributed by atoms with E-state index in [1.54, 1.807) is 51.1 Å². The predicted molar refractivity (Wildman–Crippen MR) is 115 cm³/mol. The number of nitrogens with one attached hydrogen (secondary N) is 2. The summed E-state index contributed by atoms with van der Waals surface area (Å²) in [5, 5.41) is 5.25. The maximum Gasteiger partial charge on any atom is 0.408 e. The summed E-state index contributed by atoms with van der Waals surface area (Å²) in [5.74, 6) is -1.09. The molecular formula is C21H29N3O4S. The lowest BCUT2D eigenvalue weighted by molar-refractivity contribution is -0.138. The van der Waals surface area contributed by atoms with E-state index in [2.05, 4.69) is 29.3 Å². The molecule has 0 aromatic heterocycles. The Labute approximate surface area is 178 Å². The highest BCUT2D eigenvalue weighted by Gasteiger charge is 2.35. The third-order valence-corrected chi connectivity index (χ3v) is 3.97. The molecule has 0 spiro atoms. The van der Waals surface area contributed by atoms with Gasteiger partial charge in [-0.05, 0) is 40.2 Å². The van der Waals surface area contributed by atoms with E-state index in [0.29, 0.717) is 5.56 Å². The monoisotopic (exact) mass is 419 g/mol. The zero-order valence-electron chi connectivity index (χ0n) is 17.4. The fraction of sp³-hybridized carbons (Fsp3) is 0.476. The van der Waals surface area contributed by atoms with Crippen LogP contribution >= 0.6 is 12.6 Å². The molecule has 1 rings (SSSR count). The van der Waals surface area contributed by atoms with Crippen LogP contribution in [0.1, 0.15) is 46.2 Å². The van der Waals surface area contributed by atoms with Gasteiger partial charge in [-0.15, -0.1) is 0 Å². The van der Waals surface area contributed by atoms with Crippen molar-refractivity contribution in [2.45, 2.75) is 58.3 Å². The van der Waals surface area contributed by atoms with Crippen molar-refractivity contribution < 1.29 is 19.1 Å². The van der Waals surface area contributed by atoms with Crippen LogP contribution < -0.4 is 10.6 Å². The maximum absolute atomic E-state index is 13.1. The zero-order chi connectivity index (χ0) is 22.2. The number of carbonyl (C=O) groups is 3. The number of alkyl carbamates (subject to hydrolysis) is 1. The summed E-state index contributed by atoms with van der Waals surface area (Å²) in [6, 6.07) is 8.72. The van der Waals surface area contributed by atoms with E-state index in [1.807, 2.05) is 13.8 Å². The molecule has 0 aliphatic rings.